The molecular weight excluding hydrogens is 342 g/mol. The lowest BCUT2D eigenvalue weighted by Crippen LogP contribution is -2.26. The summed E-state index contributed by atoms with van der Waals surface area (Å²) in [7, 11) is 1.72. The van der Waals surface area contributed by atoms with E-state index in [2.05, 4.69) is 20.9 Å². The number of hydrogen-bond donors (Lipinski definition) is 1. The molecule has 1 aromatic heterocycles. The molecule has 1 heterocycles. The van der Waals surface area contributed by atoms with E-state index in [4.69, 9.17) is 17.3 Å². The topological polar surface area (TPSA) is 59.2 Å². The Morgan fingerprint density at radius 2 is 2.20 bits per heavy atom. The molecule has 2 rings (SSSR count). The monoisotopic (exact) mass is 353 g/mol. The summed E-state index contributed by atoms with van der Waals surface area (Å²) in [5, 5.41) is 0.297. The number of pyridine rings is 1. The van der Waals surface area contributed by atoms with Crippen LogP contribution in [0.4, 0.5) is 5.82 Å². The average molecular weight is 355 g/mol. The Kier molecular flexibility index (Phi) is 4.62. The number of nitrogen functional groups attached to an aromatic ring is 1. The van der Waals surface area contributed by atoms with Gasteiger partial charge in [-0.2, -0.15) is 0 Å². The summed E-state index contributed by atoms with van der Waals surface area (Å²) in [6, 6.07) is 9.27. The van der Waals surface area contributed by atoms with Gasteiger partial charge in [0.1, 0.15) is 5.82 Å². The maximum Gasteiger partial charge on any atom is 0.255 e. The summed E-state index contributed by atoms with van der Waals surface area (Å²) in [4.78, 5) is 17.8. The van der Waals surface area contributed by atoms with E-state index in [-0.39, 0.29) is 11.7 Å². The van der Waals surface area contributed by atoms with Crippen LogP contribution in [0.15, 0.2) is 41.0 Å². The van der Waals surface area contributed by atoms with Gasteiger partial charge in [-0.1, -0.05) is 39.7 Å². The van der Waals surface area contributed by atoms with E-state index in [0.29, 0.717) is 17.1 Å². The Morgan fingerprint density at radius 1 is 1.45 bits per heavy atom. The number of carbonyl (C=O) groups excluding carboxylic acids is 1. The van der Waals surface area contributed by atoms with Crippen molar-refractivity contribution in [3.63, 3.8) is 0 Å². The summed E-state index contributed by atoms with van der Waals surface area (Å²) < 4.78 is 0.974. The molecule has 0 radical (unpaired) electrons. The number of aromatic nitrogens is 1. The second-order valence-corrected chi connectivity index (χ2v) is 5.70. The van der Waals surface area contributed by atoms with Crippen molar-refractivity contribution in [1.82, 2.24) is 9.88 Å². The van der Waals surface area contributed by atoms with E-state index in [1.165, 1.54) is 12.3 Å². The third-order valence-electron chi connectivity index (χ3n) is 2.76. The zero-order chi connectivity index (χ0) is 14.7. The first-order chi connectivity index (χ1) is 9.47. The first-order valence-electron chi connectivity index (χ1n) is 5.88. The van der Waals surface area contributed by atoms with Gasteiger partial charge in [-0.3, -0.25) is 4.79 Å². The van der Waals surface area contributed by atoms with Crippen molar-refractivity contribution >= 4 is 39.3 Å². The van der Waals surface area contributed by atoms with E-state index in [1.807, 2.05) is 24.3 Å². The molecule has 0 saturated carbocycles. The van der Waals surface area contributed by atoms with Crippen molar-refractivity contribution in [2.75, 3.05) is 12.8 Å². The zero-order valence-electron chi connectivity index (χ0n) is 10.8. The number of anilines is 1. The number of amides is 1. The van der Waals surface area contributed by atoms with Crippen LogP contribution in [0.2, 0.25) is 5.02 Å². The highest BCUT2D eigenvalue weighted by molar-refractivity contribution is 9.10. The fourth-order valence-electron chi connectivity index (χ4n) is 1.81. The summed E-state index contributed by atoms with van der Waals surface area (Å²) in [5.74, 6) is 0.0812. The molecule has 6 heteroatoms. The van der Waals surface area contributed by atoms with Gasteiger partial charge < -0.3 is 10.6 Å². The highest BCUT2D eigenvalue weighted by Crippen LogP contribution is 2.19. The quantitative estimate of drug-likeness (QED) is 0.919. The molecule has 0 aliphatic carbocycles. The van der Waals surface area contributed by atoms with Crippen LogP contribution < -0.4 is 5.73 Å². The third kappa shape index (κ3) is 3.49. The number of benzene rings is 1. The lowest BCUT2D eigenvalue weighted by Gasteiger charge is -2.18. The van der Waals surface area contributed by atoms with Crippen LogP contribution >= 0.6 is 27.5 Å². The lowest BCUT2D eigenvalue weighted by molar-refractivity contribution is 0.0785. The number of nitrogens with zero attached hydrogens (tertiary/aromatic N) is 2. The maximum absolute atomic E-state index is 12.4. The number of rotatable bonds is 3. The second kappa shape index (κ2) is 6.24. The summed E-state index contributed by atoms with van der Waals surface area (Å²) in [6.45, 7) is 0.483. The first-order valence-corrected chi connectivity index (χ1v) is 7.05. The molecule has 0 atom stereocenters. The SMILES string of the molecule is CN(Cc1cccc(Br)c1)C(=O)c1cc(N)ncc1Cl. The van der Waals surface area contributed by atoms with Crippen LogP contribution in [0.3, 0.4) is 0 Å². The Labute approximate surface area is 130 Å². The minimum Gasteiger partial charge on any atom is -0.384 e. The van der Waals surface area contributed by atoms with Gasteiger partial charge in [-0.25, -0.2) is 4.98 Å². The molecule has 4 nitrogen and oxygen atoms in total. The van der Waals surface area contributed by atoms with Crippen molar-refractivity contribution in [2.24, 2.45) is 0 Å². The number of hydrogen-bond acceptors (Lipinski definition) is 3. The van der Waals surface area contributed by atoms with Crippen LogP contribution in [0.25, 0.3) is 0 Å². The molecule has 2 N–H and O–H groups in total. The molecule has 1 aromatic carbocycles. The van der Waals surface area contributed by atoms with E-state index >= 15 is 0 Å². The average Bonchev–Trinajstić information content (AvgIpc) is 2.40. The molecule has 0 unspecified atom stereocenters. The molecule has 0 aliphatic heterocycles. The summed E-state index contributed by atoms with van der Waals surface area (Å²) >= 11 is 9.40. The zero-order valence-corrected chi connectivity index (χ0v) is 13.1. The normalized spacial score (nSPS) is 10.3. The van der Waals surface area contributed by atoms with Crippen LogP contribution in [-0.4, -0.2) is 22.8 Å². The Balaban J connectivity index is 2.18. The van der Waals surface area contributed by atoms with Crippen molar-refractivity contribution in [1.29, 1.82) is 0 Å². The third-order valence-corrected chi connectivity index (χ3v) is 3.56. The highest BCUT2D eigenvalue weighted by atomic mass is 79.9. The molecule has 20 heavy (non-hydrogen) atoms. The first kappa shape index (κ1) is 14.8. The maximum atomic E-state index is 12.4. The number of carbonyl (C=O) groups is 1. The van der Waals surface area contributed by atoms with Gasteiger partial charge in [0, 0.05) is 24.3 Å². The summed E-state index contributed by atoms with van der Waals surface area (Å²) in [5.41, 5.74) is 6.97. The van der Waals surface area contributed by atoms with Crippen LogP contribution in [-0.2, 0) is 6.54 Å². The van der Waals surface area contributed by atoms with Crippen LogP contribution in [0.1, 0.15) is 15.9 Å². The molecule has 0 bridgehead atoms. The molecule has 1 amide bonds. The van der Waals surface area contributed by atoms with Gasteiger partial charge in [-0.05, 0) is 23.8 Å². The molecule has 0 aliphatic rings. The molecule has 0 saturated heterocycles. The van der Waals surface area contributed by atoms with E-state index in [9.17, 15) is 4.79 Å². The minimum absolute atomic E-state index is 0.191. The molecule has 2 aromatic rings. The largest absolute Gasteiger partial charge is 0.384 e. The van der Waals surface area contributed by atoms with Gasteiger partial charge in [0.15, 0.2) is 0 Å². The predicted molar refractivity (Wildman–Crippen MR) is 83.6 cm³/mol. The fraction of sp³-hybridized carbons (Fsp3) is 0.143. The van der Waals surface area contributed by atoms with Gasteiger partial charge in [-0.15, -0.1) is 0 Å². The molecule has 104 valence electrons. The second-order valence-electron chi connectivity index (χ2n) is 4.38. The van der Waals surface area contributed by atoms with Gasteiger partial charge in [0.25, 0.3) is 5.91 Å². The van der Waals surface area contributed by atoms with Crippen molar-refractivity contribution < 1.29 is 4.79 Å². The van der Waals surface area contributed by atoms with E-state index in [0.717, 1.165) is 10.0 Å². The molecule has 0 spiro atoms. The standard InChI is InChI=1S/C14H13BrClN3O/c1-19(8-9-3-2-4-10(15)5-9)14(20)11-6-13(17)18-7-12(11)16/h2-7H,8H2,1H3,(H2,17,18). The van der Waals surface area contributed by atoms with Gasteiger partial charge >= 0.3 is 0 Å². The Morgan fingerprint density at radius 3 is 2.90 bits per heavy atom. The van der Waals surface area contributed by atoms with Gasteiger partial charge in [0.2, 0.25) is 0 Å². The smallest absolute Gasteiger partial charge is 0.255 e. The van der Waals surface area contributed by atoms with E-state index < -0.39 is 0 Å². The van der Waals surface area contributed by atoms with Crippen LogP contribution in [0.5, 0.6) is 0 Å². The molecule has 0 fully saturated rings. The Bertz CT molecular complexity index is 648. The fourth-order valence-corrected chi connectivity index (χ4v) is 2.44. The predicted octanol–water partition coefficient (Wildman–Crippen LogP) is 3.35. The van der Waals surface area contributed by atoms with Crippen molar-refractivity contribution in [2.45, 2.75) is 6.54 Å². The number of halogens is 2. The lowest BCUT2D eigenvalue weighted by atomic mass is 10.2. The summed E-state index contributed by atoms with van der Waals surface area (Å²) in [6.07, 6.45) is 1.39. The van der Waals surface area contributed by atoms with Crippen molar-refractivity contribution in [3.8, 4) is 0 Å². The minimum atomic E-state index is -0.191. The highest BCUT2D eigenvalue weighted by Gasteiger charge is 2.16. The number of nitrogens with two attached hydrogens (primary N) is 1. The Hall–Kier alpha value is -1.59. The van der Waals surface area contributed by atoms with E-state index in [1.54, 1.807) is 11.9 Å². The van der Waals surface area contributed by atoms with Crippen LogP contribution in [0, 0.1) is 0 Å². The molecular formula is C14H13BrClN3O. The van der Waals surface area contributed by atoms with Crippen molar-refractivity contribution in [3.05, 3.63) is 57.2 Å². The van der Waals surface area contributed by atoms with Gasteiger partial charge in [0.05, 0.1) is 10.6 Å².